The van der Waals surface area contributed by atoms with Crippen molar-refractivity contribution in [1.29, 1.82) is 0 Å². The van der Waals surface area contributed by atoms with Gasteiger partial charge in [0, 0.05) is 22.6 Å². The molecule has 0 spiro atoms. The van der Waals surface area contributed by atoms with Gasteiger partial charge < -0.3 is 10.4 Å². The lowest BCUT2D eigenvalue weighted by Crippen LogP contribution is -2.46. The molecule has 0 aliphatic rings. The number of carbonyl (C=O) groups is 1. The molecule has 1 atom stereocenters. The van der Waals surface area contributed by atoms with Gasteiger partial charge in [-0.3, -0.25) is 4.79 Å². The van der Waals surface area contributed by atoms with Crippen LogP contribution in [0.15, 0.2) is 23.1 Å². The molecule has 2 N–H and O–H groups in total. The third-order valence-corrected chi connectivity index (χ3v) is 3.41. The molecule has 1 aromatic rings. The Balaban J connectivity index is 2.84. The lowest BCUT2D eigenvalue weighted by molar-refractivity contribution is 0.0886. The van der Waals surface area contributed by atoms with Crippen LogP contribution in [0.25, 0.3) is 0 Å². The average Bonchev–Trinajstić information content (AvgIpc) is 2.32. The number of carbonyl (C=O) groups excluding carboxylic acids is 1. The number of hydrogen-bond donors (Lipinski definition) is 3. The van der Waals surface area contributed by atoms with Gasteiger partial charge in [0.1, 0.15) is 5.82 Å². The lowest BCUT2D eigenvalue weighted by atomic mass is 9.94. The molecule has 1 unspecified atom stereocenters. The summed E-state index contributed by atoms with van der Waals surface area (Å²) < 4.78 is 13.0. The Labute approximate surface area is 112 Å². The quantitative estimate of drug-likeness (QED) is 0.720. The number of benzene rings is 1. The van der Waals surface area contributed by atoms with E-state index in [-0.39, 0.29) is 17.4 Å². The number of rotatable bonds is 5. The average molecular weight is 271 g/mol. The zero-order chi connectivity index (χ0) is 13.8. The van der Waals surface area contributed by atoms with Crippen molar-refractivity contribution in [2.75, 3.05) is 6.61 Å². The van der Waals surface area contributed by atoms with Gasteiger partial charge >= 0.3 is 0 Å². The van der Waals surface area contributed by atoms with Crippen LogP contribution >= 0.6 is 12.6 Å². The normalized spacial score (nSPS) is 14.1. The Morgan fingerprint density at radius 1 is 1.56 bits per heavy atom. The molecule has 0 heterocycles. The van der Waals surface area contributed by atoms with Crippen molar-refractivity contribution < 1.29 is 14.3 Å². The van der Waals surface area contributed by atoms with Crippen molar-refractivity contribution in [2.24, 2.45) is 0 Å². The van der Waals surface area contributed by atoms with Crippen molar-refractivity contribution >= 4 is 18.5 Å². The van der Waals surface area contributed by atoms with E-state index < -0.39 is 11.4 Å². The maximum atomic E-state index is 13.0. The highest BCUT2D eigenvalue weighted by atomic mass is 32.1. The second-order valence-corrected chi connectivity index (χ2v) is 4.99. The summed E-state index contributed by atoms with van der Waals surface area (Å²) >= 11 is 3.94. The Bertz CT molecular complexity index is 439. The zero-order valence-electron chi connectivity index (χ0n) is 10.5. The van der Waals surface area contributed by atoms with Crippen LogP contribution in [-0.2, 0) is 0 Å². The first-order chi connectivity index (χ1) is 8.41. The van der Waals surface area contributed by atoms with E-state index in [1.807, 2.05) is 13.8 Å². The van der Waals surface area contributed by atoms with Crippen LogP contribution in [0, 0.1) is 5.82 Å². The molecule has 3 nitrogen and oxygen atoms in total. The Hall–Kier alpha value is -1.07. The molecule has 0 saturated carbocycles. The van der Waals surface area contributed by atoms with Crippen LogP contribution in [0.2, 0.25) is 0 Å². The first-order valence-corrected chi connectivity index (χ1v) is 6.28. The van der Waals surface area contributed by atoms with E-state index in [1.54, 1.807) is 0 Å². The number of thiol groups is 1. The van der Waals surface area contributed by atoms with Crippen LogP contribution in [0.4, 0.5) is 4.39 Å². The predicted octanol–water partition coefficient (Wildman–Crippen LogP) is 2.40. The molecule has 0 saturated heterocycles. The predicted molar refractivity (Wildman–Crippen MR) is 71.5 cm³/mol. The number of amides is 1. The minimum Gasteiger partial charge on any atom is -0.396 e. The van der Waals surface area contributed by atoms with Crippen LogP contribution in [0.3, 0.4) is 0 Å². The molecule has 0 fully saturated rings. The van der Waals surface area contributed by atoms with Gasteiger partial charge in [-0.25, -0.2) is 4.39 Å². The van der Waals surface area contributed by atoms with E-state index >= 15 is 0 Å². The highest BCUT2D eigenvalue weighted by molar-refractivity contribution is 7.80. The summed E-state index contributed by atoms with van der Waals surface area (Å²) in [6, 6.07) is 4.02. The van der Waals surface area contributed by atoms with E-state index in [9.17, 15) is 9.18 Å². The molecular weight excluding hydrogens is 253 g/mol. The number of nitrogens with one attached hydrogen (secondary N) is 1. The summed E-state index contributed by atoms with van der Waals surface area (Å²) in [5.41, 5.74) is -0.101. The fourth-order valence-corrected chi connectivity index (χ4v) is 1.79. The molecule has 5 heteroatoms. The molecule has 18 heavy (non-hydrogen) atoms. The molecule has 1 rings (SSSR count). The van der Waals surface area contributed by atoms with Gasteiger partial charge in [-0.2, -0.15) is 0 Å². The van der Waals surface area contributed by atoms with Gasteiger partial charge in [-0.05, 0) is 38.0 Å². The van der Waals surface area contributed by atoms with E-state index in [1.165, 1.54) is 18.2 Å². The molecule has 1 amide bonds. The first kappa shape index (κ1) is 15.0. The molecule has 0 aromatic heterocycles. The zero-order valence-corrected chi connectivity index (χ0v) is 11.4. The number of aliphatic hydroxyl groups excluding tert-OH is 1. The summed E-state index contributed by atoms with van der Waals surface area (Å²) in [6.07, 6.45) is 1.18. The fraction of sp³-hybridized carbons (Fsp3) is 0.462. The summed E-state index contributed by atoms with van der Waals surface area (Å²) in [6.45, 7) is 3.81. The van der Waals surface area contributed by atoms with Crippen LogP contribution in [0.5, 0.6) is 0 Å². The molecule has 100 valence electrons. The highest BCUT2D eigenvalue weighted by Crippen LogP contribution is 2.17. The van der Waals surface area contributed by atoms with Gasteiger partial charge in [-0.15, -0.1) is 12.6 Å². The maximum Gasteiger partial charge on any atom is 0.251 e. The summed E-state index contributed by atoms with van der Waals surface area (Å²) in [5, 5.41) is 11.8. The first-order valence-electron chi connectivity index (χ1n) is 5.84. The van der Waals surface area contributed by atoms with Crippen LogP contribution in [-0.4, -0.2) is 23.2 Å². The Kier molecular flexibility index (Phi) is 5.16. The summed E-state index contributed by atoms with van der Waals surface area (Å²) in [5.74, 6) is -0.744. The van der Waals surface area contributed by atoms with Crippen LogP contribution in [0.1, 0.15) is 37.0 Å². The van der Waals surface area contributed by atoms with E-state index in [0.717, 1.165) is 0 Å². The topological polar surface area (TPSA) is 49.3 Å². The lowest BCUT2D eigenvalue weighted by Gasteiger charge is -2.29. The number of aliphatic hydroxyl groups is 1. The van der Waals surface area contributed by atoms with Gasteiger partial charge in [0.05, 0.1) is 0 Å². The van der Waals surface area contributed by atoms with Crippen LogP contribution < -0.4 is 5.32 Å². The highest BCUT2D eigenvalue weighted by Gasteiger charge is 2.24. The van der Waals surface area contributed by atoms with Gasteiger partial charge in [-0.1, -0.05) is 6.92 Å². The second kappa shape index (κ2) is 6.20. The minimum atomic E-state index is -0.461. The molecule has 0 aliphatic carbocycles. The van der Waals surface area contributed by atoms with E-state index in [2.05, 4.69) is 17.9 Å². The van der Waals surface area contributed by atoms with Gasteiger partial charge in [0.2, 0.25) is 0 Å². The second-order valence-electron chi connectivity index (χ2n) is 4.51. The molecule has 0 radical (unpaired) electrons. The monoisotopic (exact) mass is 271 g/mol. The SMILES string of the molecule is CCC(C)(CCO)NC(=O)c1ccc(F)c(S)c1. The number of halogens is 1. The smallest absolute Gasteiger partial charge is 0.251 e. The Morgan fingerprint density at radius 3 is 2.72 bits per heavy atom. The third kappa shape index (κ3) is 3.71. The molecular formula is C13H18FNO2S. The van der Waals surface area contributed by atoms with Crippen molar-refractivity contribution in [3.05, 3.63) is 29.6 Å². The van der Waals surface area contributed by atoms with Crippen molar-refractivity contribution in [1.82, 2.24) is 5.32 Å². The molecule has 0 aliphatic heterocycles. The molecule has 1 aromatic carbocycles. The van der Waals surface area contributed by atoms with Gasteiger partial charge in [0.25, 0.3) is 5.91 Å². The van der Waals surface area contributed by atoms with Crippen molar-refractivity contribution in [3.8, 4) is 0 Å². The number of hydrogen-bond acceptors (Lipinski definition) is 3. The van der Waals surface area contributed by atoms with Crippen molar-refractivity contribution in [3.63, 3.8) is 0 Å². The van der Waals surface area contributed by atoms with E-state index in [0.29, 0.717) is 18.4 Å². The molecule has 0 bridgehead atoms. The fourth-order valence-electron chi connectivity index (χ4n) is 1.57. The summed E-state index contributed by atoms with van der Waals surface area (Å²) in [7, 11) is 0. The van der Waals surface area contributed by atoms with Gasteiger partial charge in [0.15, 0.2) is 0 Å². The third-order valence-electron chi connectivity index (χ3n) is 3.07. The minimum absolute atomic E-state index is 0.00581. The Morgan fingerprint density at radius 2 is 2.22 bits per heavy atom. The standard InChI is InChI=1S/C13H18FNO2S/c1-3-13(2,6-7-16)15-12(17)9-4-5-10(14)11(18)8-9/h4-5,8,16,18H,3,6-7H2,1-2H3,(H,15,17). The van der Waals surface area contributed by atoms with E-state index in [4.69, 9.17) is 5.11 Å². The maximum absolute atomic E-state index is 13.0. The largest absolute Gasteiger partial charge is 0.396 e. The van der Waals surface area contributed by atoms with Crippen molar-refractivity contribution in [2.45, 2.75) is 37.1 Å². The summed E-state index contributed by atoms with van der Waals surface area (Å²) in [4.78, 5) is 12.2.